The van der Waals surface area contributed by atoms with E-state index in [9.17, 15) is 18.8 Å². The van der Waals surface area contributed by atoms with E-state index >= 15 is 0 Å². The minimum atomic E-state index is -2.78. The van der Waals surface area contributed by atoms with Crippen LogP contribution in [0, 0.1) is 22.7 Å². The van der Waals surface area contributed by atoms with Gasteiger partial charge in [0, 0.05) is 47.9 Å². The second kappa shape index (κ2) is 9.43. The lowest BCUT2D eigenvalue weighted by Crippen LogP contribution is -2.56. The van der Waals surface area contributed by atoms with Gasteiger partial charge in [0.2, 0.25) is 11.8 Å². The number of halogens is 2. The number of benzene rings is 2. The normalized spacial score (nSPS) is 28.6. The summed E-state index contributed by atoms with van der Waals surface area (Å²) in [6.45, 7) is 0.907. The molecule has 2 aliphatic heterocycles. The molecule has 4 aliphatic carbocycles. The van der Waals surface area contributed by atoms with Crippen LogP contribution in [0.4, 0.5) is 14.5 Å². The third-order valence-corrected chi connectivity index (χ3v) is 10.7. The molecule has 0 unspecified atom stereocenters. The van der Waals surface area contributed by atoms with Crippen LogP contribution in [-0.2, 0) is 20.5 Å². The van der Waals surface area contributed by atoms with Crippen molar-refractivity contribution in [3.8, 4) is 17.5 Å². The quantitative estimate of drug-likeness (QED) is 0.282. The number of anilines is 1. The highest BCUT2D eigenvalue weighted by Gasteiger charge is 2.54. The number of aromatic nitrogens is 2. The Hall–Kier alpha value is -3.64. The minimum absolute atomic E-state index is 0.258. The van der Waals surface area contributed by atoms with Gasteiger partial charge in [-0.1, -0.05) is 35.5 Å². The molecule has 0 atom stereocenters. The Bertz CT molecular complexity index is 1590. The molecule has 2 bridgehead atoms. The van der Waals surface area contributed by atoms with Crippen molar-refractivity contribution in [2.75, 3.05) is 18.1 Å². The number of nitrogens with zero attached hydrogens (tertiary/aromatic N) is 4. The van der Waals surface area contributed by atoms with Crippen LogP contribution in [0.2, 0.25) is 0 Å². The molecular weight excluding hydrogens is 550 g/mol. The van der Waals surface area contributed by atoms with E-state index in [1.165, 1.54) is 0 Å². The van der Waals surface area contributed by atoms with E-state index in [1.807, 2.05) is 24.3 Å². The summed E-state index contributed by atoms with van der Waals surface area (Å²) in [5.74, 6) is -2.27. The molecule has 0 N–H and O–H groups in total. The Morgan fingerprint density at radius 3 is 2.33 bits per heavy atom. The molecule has 0 spiro atoms. The zero-order valence-electron chi connectivity index (χ0n) is 24.0. The van der Waals surface area contributed by atoms with Gasteiger partial charge in [0.15, 0.2) is 5.82 Å². The topological polar surface area (TPSA) is 92.2 Å². The molecule has 1 aromatic heterocycles. The Balaban J connectivity index is 1.03. The molecule has 9 heteroatoms. The number of rotatable bonds is 8. The first-order chi connectivity index (χ1) is 20.7. The first-order valence-electron chi connectivity index (χ1n) is 15.5. The second-order valence-corrected chi connectivity index (χ2v) is 13.7. The van der Waals surface area contributed by atoms with E-state index in [-0.39, 0.29) is 22.3 Å². The smallest absolute Gasteiger partial charge is 0.258 e. The van der Waals surface area contributed by atoms with E-state index < -0.39 is 24.7 Å². The van der Waals surface area contributed by atoms with Gasteiger partial charge in [-0.15, -0.1) is 0 Å². The molecule has 3 heterocycles. The van der Waals surface area contributed by atoms with Crippen molar-refractivity contribution in [1.82, 2.24) is 10.1 Å². The lowest BCUT2D eigenvalue weighted by Gasteiger charge is -2.55. The van der Waals surface area contributed by atoms with Crippen molar-refractivity contribution >= 4 is 11.6 Å². The summed E-state index contributed by atoms with van der Waals surface area (Å²) >= 11 is 0. The standard InChI is InChI=1S/C34H34F2N4O3/c35-34(36)17-24(18-34)30(41)40(27-3-1-2-23(16-27)29-38-28(39-43-29)22-4-5-22)20-31-10-14-33(15-11-31,42-21-31)26-8-6-25(7-9-26)32(19-37)12-13-32/h1-3,6-9,16,22,24H,4-5,10-15,17-18,20-21H2. The number of carbonyl (C=O) groups excluding carboxylic acids is 1. The molecule has 1 amide bonds. The van der Waals surface area contributed by atoms with Crippen molar-refractivity contribution in [1.29, 1.82) is 5.26 Å². The Morgan fingerprint density at radius 1 is 1.00 bits per heavy atom. The van der Waals surface area contributed by atoms with Gasteiger partial charge in [-0.05, 0) is 80.7 Å². The van der Waals surface area contributed by atoms with Crippen molar-refractivity contribution in [3.05, 3.63) is 65.5 Å². The van der Waals surface area contributed by atoms with Crippen molar-refractivity contribution < 1.29 is 22.8 Å². The maximum absolute atomic E-state index is 13.9. The van der Waals surface area contributed by atoms with Crippen LogP contribution in [0.1, 0.15) is 87.1 Å². The van der Waals surface area contributed by atoms with Gasteiger partial charge in [0.25, 0.3) is 5.89 Å². The lowest BCUT2D eigenvalue weighted by atomic mass is 9.63. The van der Waals surface area contributed by atoms with E-state index in [1.54, 1.807) is 4.90 Å². The van der Waals surface area contributed by atoms with E-state index in [0.29, 0.717) is 42.0 Å². The summed E-state index contributed by atoms with van der Waals surface area (Å²) in [6.07, 6.45) is 6.53. The number of carbonyl (C=O) groups is 1. The third kappa shape index (κ3) is 4.66. The average molecular weight is 585 g/mol. The highest BCUT2D eigenvalue weighted by Crippen LogP contribution is 2.55. The highest BCUT2D eigenvalue weighted by molar-refractivity contribution is 5.96. The number of fused-ring (bicyclic) bond motifs is 3. The summed E-state index contributed by atoms with van der Waals surface area (Å²) in [5, 5.41) is 13.7. The zero-order valence-corrected chi connectivity index (χ0v) is 24.0. The molecule has 6 fully saturated rings. The average Bonchev–Trinajstić information content (AvgIpc) is 3.97. The zero-order chi connectivity index (χ0) is 29.5. The van der Waals surface area contributed by atoms with Crippen LogP contribution in [0.3, 0.4) is 0 Å². The summed E-state index contributed by atoms with van der Waals surface area (Å²) in [7, 11) is 0. The third-order valence-electron chi connectivity index (χ3n) is 10.7. The fourth-order valence-electron chi connectivity index (χ4n) is 7.38. The lowest BCUT2D eigenvalue weighted by molar-refractivity contribution is -0.187. The first kappa shape index (κ1) is 26.9. The Labute approximate surface area is 249 Å². The molecule has 9 rings (SSSR count). The number of alkyl halides is 2. The van der Waals surface area contributed by atoms with Gasteiger partial charge in [0.1, 0.15) is 0 Å². The van der Waals surface area contributed by atoms with Gasteiger partial charge in [-0.3, -0.25) is 4.79 Å². The molecule has 2 aromatic carbocycles. The van der Waals surface area contributed by atoms with Gasteiger partial charge >= 0.3 is 0 Å². The van der Waals surface area contributed by atoms with Crippen molar-refractivity contribution in [3.63, 3.8) is 0 Å². The van der Waals surface area contributed by atoms with Gasteiger partial charge in [-0.2, -0.15) is 10.2 Å². The van der Waals surface area contributed by atoms with E-state index in [4.69, 9.17) is 9.26 Å². The highest BCUT2D eigenvalue weighted by atomic mass is 19.3. The molecule has 7 nitrogen and oxygen atoms in total. The molecule has 6 aliphatic rings. The molecule has 4 saturated carbocycles. The van der Waals surface area contributed by atoms with Crippen LogP contribution in [-0.4, -0.2) is 35.1 Å². The van der Waals surface area contributed by atoms with Crippen molar-refractivity contribution in [2.24, 2.45) is 11.3 Å². The molecule has 2 saturated heterocycles. The monoisotopic (exact) mass is 584 g/mol. The van der Waals surface area contributed by atoms with Crippen molar-refractivity contribution in [2.45, 2.75) is 87.1 Å². The molecule has 0 radical (unpaired) electrons. The Kier molecular flexibility index (Phi) is 5.91. The maximum atomic E-state index is 13.9. The second-order valence-electron chi connectivity index (χ2n) is 13.7. The molecular formula is C34H34F2N4O3. The van der Waals surface area contributed by atoms with Crippen LogP contribution >= 0.6 is 0 Å². The van der Waals surface area contributed by atoms with Crippen LogP contribution < -0.4 is 4.90 Å². The van der Waals surface area contributed by atoms with Gasteiger partial charge < -0.3 is 14.2 Å². The summed E-state index contributed by atoms with van der Waals surface area (Å²) < 4.78 is 39.9. The first-order valence-corrected chi connectivity index (χ1v) is 15.5. The number of ether oxygens (including phenoxy) is 1. The number of hydrogen-bond donors (Lipinski definition) is 0. The fourth-order valence-corrected chi connectivity index (χ4v) is 7.38. The largest absolute Gasteiger partial charge is 0.370 e. The predicted octanol–water partition coefficient (Wildman–Crippen LogP) is 7.03. The molecule has 43 heavy (non-hydrogen) atoms. The van der Waals surface area contributed by atoms with Crippen LogP contribution in [0.25, 0.3) is 11.5 Å². The van der Waals surface area contributed by atoms with Crippen LogP contribution in [0.15, 0.2) is 53.1 Å². The number of amides is 1. The molecule has 3 aromatic rings. The maximum Gasteiger partial charge on any atom is 0.258 e. The van der Waals surface area contributed by atoms with Crippen LogP contribution in [0.5, 0.6) is 0 Å². The predicted molar refractivity (Wildman–Crippen MR) is 153 cm³/mol. The van der Waals surface area contributed by atoms with E-state index in [2.05, 4.69) is 40.5 Å². The minimum Gasteiger partial charge on any atom is -0.370 e. The number of nitriles is 1. The van der Waals surface area contributed by atoms with Gasteiger partial charge in [-0.25, -0.2) is 8.78 Å². The Morgan fingerprint density at radius 2 is 1.72 bits per heavy atom. The summed E-state index contributed by atoms with van der Waals surface area (Å²) in [4.78, 5) is 20.1. The van der Waals surface area contributed by atoms with Gasteiger partial charge in [0.05, 0.1) is 23.7 Å². The van der Waals surface area contributed by atoms with E-state index in [0.717, 1.165) is 62.5 Å². The SMILES string of the molecule is N#CC1(c2ccc(C34CCC(CN(C(=O)C5CC(F)(F)C5)c5cccc(-c6nc(C7CC7)no6)c5)(CC3)CO4)cc2)CC1. The summed E-state index contributed by atoms with van der Waals surface area (Å²) in [5.41, 5.74) is 2.64. The molecule has 222 valence electrons. The number of hydrogen-bond acceptors (Lipinski definition) is 6. The summed E-state index contributed by atoms with van der Waals surface area (Å²) in [6, 6.07) is 18.3. The fraction of sp³-hybridized carbons (Fsp3) is 0.529.